The van der Waals surface area contributed by atoms with Gasteiger partial charge in [0, 0.05) is 12.7 Å². The lowest BCUT2D eigenvalue weighted by Gasteiger charge is -2.24. The summed E-state index contributed by atoms with van der Waals surface area (Å²) in [5.74, 6) is -0.543. The lowest BCUT2D eigenvalue weighted by Crippen LogP contribution is -2.31. The smallest absolute Gasteiger partial charge is 0.257 e. The van der Waals surface area contributed by atoms with Crippen LogP contribution < -0.4 is 0 Å². The first-order valence-electron chi connectivity index (χ1n) is 8.05. The third-order valence-electron chi connectivity index (χ3n) is 4.29. The van der Waals surface area contributed by atoms with Gasteiger partial charge in [-0.3, -0.25) is 9.48 Å². The van der Waals surface area contributed by atoms with Crippen LogP contribution in [0, 0.1) is 5.82 Å². The quantitative estimate of drug-likeness (QED) is 0.920. The number of aliphatic hydroxyl groups is 1. The minimum atomic E-state index is -0.611. The van der Waals surface area contributed by atoms with Crippen LogP contribution in [0.25, 0.3) is 0 Å². The van der Waals surface area contributed by atoms with Crippen molar-refractivity contribution in [3.8, 4) is 0 Å². The fraction of sp³-hybridized carbons (Fsp3) is 0.444. The van der Waals surface area contributed by atoms with Gasteiger partial charge in [0.25, 0.3) is 5.91 Å². The van der Waals surface area contributed by atoms with E-state index >= 15 is 0 Å². The van der Waals surface area contributed by atoms with Crippen molar-refractivity contribution in [1.29, 1.82) is 0 Å². The predicted molar refractivity (Wildman–Crippen MR) is 88.0 cm³/mol. The minimum Gasteiger partial charge on any atom is -0.391 e. The van der Waals surface area contributed by atoms with Crippen molar-refractivity contribution >= 4 is 5.91 Å². The number of β-amino-alcohol motifs (C(OH)–C–C–N with tert-alkyl or cyclic N) is 1. The second-order valence-electron chi connectivity index (χ2n) is 7.26. The molecule has 0 unspecified atom stereocenters. The van der Waals surface area contributed by atoms with Gasteiger partial charge in [-0.1, -0.05) is 12.1 Å². The highest BCUT2D eigenvalue weighted by Crippen LogP contribution is 2.33. The molecule has 2 aromatic rings. The van der Waals surface area contributed by atoms with E-state index in [1.54, 1.807) is 34.1 Å². The second kappa shape index (κ2) is 6.02. The van der Waals surface area contributed by atoms with E-state index in [1.807, 2.05) is 20.8 Å². The van der Waals surface area contributed by atoms with Gasteiger partial charge in [0.15, 0.2) is 0 Å². The summed E-state index contributed by atoms with van der Waals surface area (Å²) < 4.78 is 15.3. The number of rotatable bonds is 2. The molecule has 1 amide bonds. The first-order valence-corrected chi connectivity index (χ1v) is 8.05. The van der Waals surface area contributed by atoms with E-state index in [0.717, 1.165) is 0 Å². The number of nitrogens with zero attached hydrogens (tertiary/aromatic N) is 3. The van der Waals surface area contributed by atoms with E-state index < -0.39 is 6.10 Å². The SMILES string of the molecule is CC(C)(C)n1cc(C(=O)N2C[C@@H](O)C[C@@H]2c2cccc(F)c2)cn1. The van der Waals surface area contributed by atoms with E-state index in [-0.39, 0.29) is 29.8 Å². The first-order chi connectivity index (χ1) is 11.3. The molecule has 1 fully saturated rings. The predicted octanol–water partition coefficient (Wildman–Crippen LogP) is 2.73. The molecule has 1 saturated heterocycles. The van der Waals surface area contributed by atoms with E-state index in [9.17, 15) is 14.3 Å². The van der Waals surface area contributed by atoms with Crippen molar-refractivity contribution in [3.63, 3.8) is 0 Å². The van der Waals surface area contributed by atoms with Gasteiger partial charge in [-0.05, 0) is 44.9 Å². The molecule has 0 radical (unpaired) electrons. The zero-order chi connectivity index (χ0) is 17.5. The molecule has 5 nitrogen and oxygen atoms in total. The van der Waals surface area contributed by atoms with Gasteiger partial charge in [-0.25, -0.2) is 4.39 Å². The highest BCUT2D eigenvalue weighted by atomic mass is 19.1. The van der Waals surface area contributed by atoms with Gasteiger partial charge in [0.1, 0.15) is 5.82 Å². The molecule has 0 saturated carbocycles. The van der Waals surface area contributed by atoms with Crippen LogP contribution in [-0.2, 0) is 5.54 Å². The monoisotopic (exact) mass is 331 g/mol. The number of aliphatic hydroxyl groups excluding tert-OH is 1. The molecule has 0 aliphatic carbocycles. The average Bonchev–Trinajstić information content (AvgIpc) is 3.12. The Kier molecular flexibility index (Phi) is 4.17. The normalized spacial score (nSPS) is 21.3. The zero-order valence-corrected chi connectivity index (χ0v) is 14.1. The lowest BCUT2D eigenvalue weighted by molar-refractivity contribution is 0.0715. The molecule has 2 atom stereocenters. The summed E-state index contributed by atoms with van der Waals surface area (Å²) in [6, 6.07) is 5.86. The minimum absolute atomic E-state index is 0.198. The van der Waals surface area contributed by atoms with Crippen LogP contribution in [0.2, 0.25) is 0 Å². The molecule has 1 aromatic carbocycles. The Morgan fingerprint density at radius 2 is 2.12 bits per heavy atom. The number of hydrogen-bond acceptors (Lipinski definition) is 3. The van der Waals surface area contributed by atoms with E-state index in [1.165, 1.54) is 12.1 Å². The molecule has 1 aliphatic heterocycles. The molecule has 128 valence electrons. The van der Waals surface area contributed by atoms with Crippen molar-refractivity contribution in [2.24, 2.45) is 0 Å². The van der Waals surface area contributed by atoms with Gasteiger partial charge >= 0.3 is 0 Å². The van der Waals surface area contributed by atoms with Crippen LogP contribution in [0.5, 0.6) is 0 Å². The van der Waals surface area contributed by atoms with Crippen molar-refractivity contribution in [2.75, 3.05) is 6.54 Å². The molecule has 6 heteroatoms. The molecule has 0 spiro atoms. The third-order valence-corrected chi connectivity index (χ3v) is 4.29. The van der Waals surface area contributed by atoms with Crippen molar-refractivity contribution in [1.82, 2.24) is 14.7 Å². The Morgan fingerprint density at radius 1 is 1.38 bits per heavy atom. The topological polar surface area (TPSA) is 58.4 Å². The highest BCUT2D eigenvalue weighted by molar-refractivity contribution is 5.94. The maximum Gasteiger partial charge on any atom is 0.257 e. The summed E-state index contributed by atoms with van der Waals surface area (Å²) >= 11 is 0. The van der Waals surface area contributed by atoms with Crippen LogP contribution in [0.15, 0.2) is 36.7 Å². The summed E-state index contributed by atoms with van der Waals surface area (Å²) in [6.45, 7) is 6.25. The van der Waals surface area contributed by atoms with Crippen LogP contribution in [0.1, 0.15) is 49.2 Å². The van der Waals surface area contributed by atoms with Crippen LogP contribution in [0.3, 0.4) is 0 Å². The van der Waals surface area contributed by atoms with Gasteiger partial charge < -0.3 is 10.0 Å². The number of likely N-dealkylation sites (tertiary alicyclic amines) is 1. The number of hydrogen-bond donors (Lipinski definition) is 1. The van der Waals surface area contributed by atoms with Gasteiger partial charge in [-0.15, -0.1) is 0 Å². The molecular formula is C18H22FN3O2. The van der Waals surface area contributed by atoms with E-state index in [2.05, 4.69) is 5.10 Å². The Hall–Kier alpha value is -2.21. The summed E-state index contributed by atoms with van der Waals surface area (Å²) in [7, 11) is 0. The number of carbonyl (C=O) groups excluding carboxylic acids is 1. The summed E-state index contributed by atoms with van der Waals surface area (Å²) in [4.78, 5) is 14.5. The van der Waals surface area contributed by atoms with Crippen molar-refractivity contribution < 1.29 is 14.3 Å². The van der Waals surface area contributed by atoms with Crippen LogP contribution >= 0.6 is 0 Å². The maximum absolute atomic E-state index is 13.5. The Bertz CT molecular complexity index is 751. The van der Waals surface area contributed by atoms with Gasteiger partial charge in [-0.2, -0.15) is 5.10 Å². The lowest BCUT2D eigenvalue weighted by atomic mass is 10.0. The number of aromatic nitrogens is 2. The molecule has 1 aliphatic rings. The molecule has 2 heterocycles. The zero-order valence-electron chi connectivity index (χ0n) is 14.1. The fourth-order valence-electron chi connectivity index (χ4n) is 3.03. The summed E-state index contributed by atoms with van der Waals surface area (Å²) in [5, 5.41) is 14.3. The third kappa shape index (κ3) is 3.19. The number of halogens is 1. The Morgan fingerprint density at radius 3 is 2.75 bits per heavy atom. The van der Waals surface area contributed by atoms with Crippen molar-refractivity contribution in [2.45, 2.75) is 44.9 Å². The maximum atomic E-state index is 13.5. The van der Waals surface area contributed by atoms with Gasteiger partial charge in [0.2, 0.25) is 0 Å². The van der Waals surface area contributed by atoms with Gasteiger partial charge in [0.05, 0.1) is 29.4 Å². The first kappa shape index (κ1) is 16.6. The van der Waals surface area contributed by atoms with Crippen LogP contribution in [-0.4, -0.2) is 38.3 Å². The Balaban J connectivity index is 1.88. The second-order valence-corrected chi connectivity index (χ2v) is 7.26. The summed E-state index contributed by atoms with van der Waals surface area (Å²) in [6.07, 6.45) is 3.05. The molecule has 0 bridgehead atoms. The number of amides is 1. The molecule has 3 rings (SSSR count). The van der Waals surface area contributed by atoms with E-state index in [4.69, 9.17) is 0 Å². The average molecular weight is 331 g/mol. The molecule has 1 aromatic heterocycles. The molecule has 1 N–H and O–H groups in total. The van der Waals surface area contributed by atoms with Crippen molar-refractivity contribution in [3.05, 3.63) is 53.6 Å². The highest BCUT2D eigenvalue weighted by Gasteiger charge is 2.36. The number of carbonyl (C=O) groups is 1. The summed E-state index contributed by atoms with van der Waals surface area (Å²) in [5.41, 5.74) is 0.953. The largest absolute Gasteiger partial charge is 0.391 e. The van der Waals surface area contributed by atoms with Crippen LogP contribution in [0.4, 0.5) is 4.39 Å². The fourth-order valence-corrected chi connectivity index (χ4v) is 3.03. The number of benzene rings is 1. The standard InChI is InChI=1S/C18H22FN3O2/c1-18(2,3)22-10-13(9-20-22)17(24)21-11-15(23)8-16(21)12-5-4-6-14(19)7-12/h4-7,9-10,15-16,23H,8,11H2,1-3H3/t15-,16+/m0/s1. The molecular weight excluding hydrogens is 309 g/mol. The van der Waals surface area contributed by atoms with E-state index in [0.29, 0.717) is 17.5 Å². The Labute approximate surface area is 140 Å². The molecule has 24 heavy (non-hydrogen) atoms.